The molecule has 1 atom stereocenters. The maximum Gasteiger partial charge on any atom is 0.251 e. The molecule has 31 heavy (non-hydrogen) atoms. The van der Waals surface area contributed by atoms with Crippen LogP contribution in [-0.2, 0) is 16.6 Å². The van der Waals surface area contributed by atoms with Gasteiger partial charge in [0.05, 0.1) is 10.9 Å². The first kappa shape index (κ1) is 22.7. The Bertz CT molecular complexity index is 1100. The molecule has 0 saturated heterocycles. The van der Waals surface area contributed by atoms with Crippen LogP contribution in [0.5, 0.6) is 0 Å². The van der Waals surface area contributed by atoms with E-state index in [1.165, 1.54) is 12.1 Å². The summed E-state index contributed by atoms with van der Waals surface area (Å²) in [5.74, 6) is -0.317. The van der Waals surface area contributed by atoms with Crippen molar-refractivity contribution in [1.29, 1.82) is 0 Å². The van der Waals surface area contributed by atoms with Gasteiger partial charge in [-0.05, 0) is 43.4 Å². The highest BCUT2D eigenvalue weighted by atomic mass is 32.2. The molecule has 3 aromatic carbocycles. The zero-order valence-electron chi connectivity index (χ0n) is 17.7. The molecule has 0 spiro atoms. The number of carbonyl (C=O) groups excluding carboxylic acids is 1. The summed E-state index contributed by atoms with van der Waals surface area (Å²) in [6.07, 6.45) is 0. The fourth-order valence-corrected chi connectivity index (χ4v) is 4.29. The number of amides is 1. The summed E-state index contributed by atoms with van der Waals surface area (Å²) in [5.41, 5.74) is 2.25. The Hall–Kier alpha value is -3.00. The van der Waals surface area contributed by atoms with Gasteiger partial charge in [-0.2, -0.15) is 0 Å². The van der Waals surface area contributed by atoms with E-state index in [-0.39, 0.29) is 23.4 Å². The Morgan fingerprint density at radius 2 is 1.55 bits per heavy atom. The summed E-state index contributed by atoms with van der Waals surface area (Å²) >= 11 is 0. The van der Waals surface area contributed by atoms with E-state index in [0.29, 0.717) is 12.1 Å². The first-order valence-corrected chi connectivity index (χ1v) is 11.5. The molecule has 0 aliphatic heterocycles. The Balaban J connectivity index is 1.68. The third kappa shape index (κ3) is 6.24. The molecule has 0 radical (unpaired) electrons. The second kappa shape index (κ2) is 10.3. The van der Waals surface area contributed by atoms with Gasteiger partial charge in [0.1, 0.15) is 0 Å². The van der Waals surface area contributed by atoms with Gasteiger partial charge in [-0.3, -0.25) is 4.79 Å². The Morgan fingerprint density at radius 3 is 2.19 bits per heavy atom. The van der Waals surface area contributed by atoms with Gasteiger partial charge in [-0.15, -0.1) is 0 Å². The third-order valence-electron chi connectivity index (χ3n) is 4.98. The predicted molar refractivity (Wildman–Crippen MR) is 122 cm³/mol. The van der Waals surface area contributed by atoms with Gasteiger partial charge in [0.25, 0.3) is 5.91 Å². The smallest absolute Gasteiger partial charge is 0.251 e. The van der Waals surface area contributed by atoms with Crippen LogP contribution in [0.15, 0.2) is 89.8 Å². The fourth-order valence-electron chi connectivity index (χ4n) is 3.23. The summed E-state index contributed by atoms with van der Waals surface area (Å²) in [6.45, 7) is 0.584. The largest absolute Gasteiger partial charge is 0.350 e. The van der Waals surface area contributed by atoms with Crippen molar-refractivity contribution in [1.82, 2.24) is 14.9 Å². The molecule has 3 aromatic rings. The topological polar surface area (TPSA) is 78.5 Å². The van der Waals surface area contributed by atoms with Crippen molar-refractivity contribution in [2.24, 2.45) is 0 Å². The summed E-state index contributed by atoms with van der Waals surface area (Å²) in [5, 5.41) is 2.92. The Morgan fingerprint density at radius 1 is 0.903 bits per heavy atom. The molecule has 6 nitrogen and oxygen atoms in total. The van der Waals surface area contributed by atoms with Crippen molar-refractivity contribution in [3.05, 3.63) is 102 Å². The number of nitrogens with one attached hydrogen (secondary N) is 2. The highest BCUT2D eigenvalue weighted by molar-refractivity contribution is 7.89. The maximum atomic E-state index is 12.7. The molecule has 0 aliphatic rings. The van der Waals surface area contributed by atoms with Crippen LogP contribution in [0.1, 0.15) is 27.5 Å². The molecule has 0 bridgehead atoms. The molecule has 0 saturated carbocycles. The number of rotatable bonds is 9. The van der Waals surface area contributed by atoms with Crippen LogP contribution in [-0.4, -0.2) is 39.9 Å². The van der Waals surface area contributed by atoms with Crippen LogP contribution in [0.3, 0.4) is 0 Å². The molecule has 0 aromatic heterocycles. The Labute approximate surface area is 184 Å². The summed E-state index contributed by atoms with van der Waals surface area (Å²) in [7, 11) is 0.167. The van der Waals surface area contributed by atoms with Gasteiger partial charge >= 0.3 is 0 Å². The number of likely N-dealkylation sites (N-methyl/N-ethyl adjacent to an activating group) is 1. The molecule has 7 heteroatoms. The van der Waals surface area contributed by atoms with Crippen LogP contribution in [0.2, 0.25) is 0 Å². The lowest BCUT2D eigenvalue weighted by molar-refractivity contribution is 0.0941. The number of nitrogens with zero attached hydrogens (tertiary/aromatic N) is 1. The van der Waals surface area contributed by atoms with Crippen LogP contribution < -0.4 is 10.0 Å². The molecule has 162 valence electrons. The standard InChI is InChI=1S/C24H27N3O3S/c1-27(2)23(20-12-7-4-8-13-20)18-25-24(28)21-14-9-15-22(16-21)31(29,30)26-17-19-10-5-3-6-11-19/h3-16,23,26H,17-18H2,1-2H3,(H,25,28)/t23-/m1/s1. The highest BCUT2D eigenvalue weighted by Gasteiger charge is 2.18. The second-order valence-electron chi connectivity index (χ2n) is 7.44. The van der Waals surface area contributed by atoms with Gasteiger partial charge in [0.2, 0.25) is 10.0 Å². The van der Waals surface area contributed by atoms with Crippen molar-refractivity contribution < 1.29 is 13.2 Å². The number of carbonyl (C=O) groups is 1. The lowest BCUT2D eigenvalue weighted by atomic mass is 10.1. The van der Waals surface area contributed by atoms with Gasteiger partial charge in [-0.25, -0.2) is 13.1 Å². The van der Waals surface area contributed by atoms with E-state index in [0.717, 1.165) is 11.1 Å². The van der Waals surface area contributed by atoms with E-state index in [9.17, 15) is 13.2 Å². The van der Waals surface area contributed by atoms with Crippen molar-refractivity contribution in [3.8, 4) is 0 Å². The lowest BCUT2D eigenvalue weighted by Crippen LogP contribution is -2.34. The van der Waals surface area contributed by atoms with Crippen LogP contribution in [0.4, 0.5) is 0 Å². The molecule has 0 unspecified atom stereocenters. The third-order valence-corrected chi connectivity index (χ3v) is 6.38. The van der Waals surface area contributed by atoms with Crippen molar-refractivity contribution in [2.45, 2.75) is 17.5 Å². The molecule has 1 amide bonds. The van der Waals surface area contributed by atoms with E-state index >= 15 is 0 Å². The maximum absolute atomic E-state index is 12.7. The quantitative estimate of drug-likeness (QED) is 0.539. The van der Waals surface area contributed by atoms with E-state index in [1.807, 2.05) is 79.7 Å². The van der Waals surface area contributed by atoms with Crippen molar-refractivity contribution >= 4 is 15.9 Å². The van der Waals surface area contributed by atoms with Gasteiger partial charge < -0.3 is 10.2 Å². The first-order valence-electron chi connectivity index (χ1n) is 10.00. The first-order chi connectivity index (χ1) is 14.9. The second-order valence-corrected chi connectivity index (χ2v) is 9.21. The average Bonchev–Trinajstić information content (AvgIpc) is 2.79. The minimum Gasteiger partial charge on any atom is -0.350 e. The van der Waals surface area contributed by atoms with E-state index in [2.05, 4.69) is 10.0 Å². The fraction of sp³-hybridized carbons (Fsp3) is 0.208. The monoisotopic (exact) mass is 437 g/mol. The number of benzene rings is 3. The van der Waals surface area contributed by atoms with E-state index in [1.54, 1.807) is 12.1 Å². The zero-order chi connectivity index (χ0) is 22.3. The van der Waals surface area contributed by atoms with Crippen LogP contribution >= 0.6 is 0 Å². The minimum atomic E-state index is -3.74. The number of hydrogen-bond donors (Lipinski definition) is 2. The van der Waals surface area contributed by atoms with Gasteiger partial charge in [0, 0.05) is 18.7 Å². The summed E-state index contributed by atoms with van der Waals surface area (Å²) in [4.78, 5) is 14.8. The highest BCUT2D eigenvalue weighted by Crippen LogP contribution is 2.17. The molecule has 2 N–H and O–H groups in total. The van der Waals surface area contributed by atoms with Gasteiger partial charge in [0.15, 0.2) is 0 Å². The van der Waals surface area contributed by atoms with Crippen molar-refractivity contribution in [2.75, 3.05) is 20.6 Å². The predicted octanol–water partition coefficient (Wildman–Crippen LogP) is 3.20. The summed E-state index contributed by atoms with van der Waals surface area (Å²) < 4.78 is 27.9. The average molecular weight is 438 g/mol. The SMILES string of the molecule is CN(C)[C@H](CNC(=O)c1cccc(S(=O)(=O)NCc2ccccc2)c1)c1ccccc1. The molecule has 0 heterocycles. The summed E-state index contributed by atoms with van der Waals surface area (Å²) in [6, 6.07) is 25.3. The van der Waals surface area contributed by atoms with Crippen molar-refractivity contribution in [3.63, 3.8) is 0 Å². The molecular weight excluding hydrogens is 410 g/mol. The molecular formula is C24H27N3O3S. The Kier molecular flexibility index (Phi) is 7.57. The normalized spacial score (nSPS) is 12.5. The van der Waals surface area contributed by atoms with Gasteiger partial charge in [-0.1, -0.05) is 66.7 Å². The van der Waals surface area contributed by atoms with E-state index in [4.69, 9.17) is 0 Å². The number of hydrogen-bond acceptors (Lipinski definition) is 4. The van der Waals surface area contributed by atoms with E-state index < -0.39 is 10.0 Å². The molecule has 0 fully saturated rings. The zero-order valence-corrected chi connectivity index (χ0v) is 18.5. The number of sulfonamides is 1. The van der Waals surface area contributed by atoms with Crippen LogP contribution in [0, 0.1) is 0 Å². The molecule has 3 rings (SSSR count). The minimum absolute atomic E-state index is 0.00426. The lowest BCUT2D eigenvalue weighted by Gasteiger charge is -2.25. The molecule has 0 aliphatic carbocycles. The van der Waals surface area contributed by atoms with Crippen LogP contribution in [0.25, 0.3) is 0 Å².